The molecule has 0 saturated carbocycles. The molecule has 1 atom stereocenters. The molecule has 2 N–H and O–H groups in total. The molecule has 2 rings (SSSR count). The first-order valence-electron chi connectivity index (χ1n) is 7.35. The third kappa shape index (κ3) is 4.53. The number of aliphatic carboxylic acids is 1. The second-order valence-corrected chi connectivity index (χ2v) is 5.39. The van der Waals surface area contributed by atoms with Crippen LogP contribution >= 0.6 is 0 Å². The number of carboxylic acid groups (broad SMARTS) is 1. The van der Waals surface area contributed by atoms with Gasteiger partial charge in [-0.1, -0.05) is 24.6 Å². The van der Waals surface area contributed by atoms with E-state index in [0.717, 1.165) is 47.8 Å². The summed E-state index contributed by atoms with van der Waals surface area (Å²) in [5.74, 6) is -0.732. The Morgan fingerprint density at radius 3 is 2.67 bits per heavy atom. The molecule has 21 heavy (non-hydrogen) atoms. The normalized spacial score (nSPS) is 12.5. The van der Waals surface area contributed by atoms with Gasteiger partial charge in [0.05, 0.1) is 11.6 Å². The largest absolute Gasteiger partial charge is 0.481 e. The Hall–Kier alpha value is -1.94. The number of fused-ring (bicyclic) bond motifs is 1. The van der Waals surface area contributed by atoms with E-state index < -0.39 is 12.1 Å². The Kier molecular flexibility index (Phi) is 5.28. The molecule has 4 nitrogen and oxygen atoms in total. The number of rotatable bonds is 7. The fraction of sp³-hybridized carbons (Fsp3) is 0.412. The second-order valence-electron chi connectivity index (χ2n) is 5.39. The third-order valence-electron chi connectivity index (χ3n) is 3.58. The molecular formula is C17H21NO3. The van der Waals surface area contributed by atoms with Crippen LogP contribution in [0.2, 0.25) is 0 Å². The first-order chi connectivity index (χ1) is 10.1. The van der Waals surface area contributed by atoms with Crippen molar-refractivity contribution in [1.29, 1.82) is 0 Å². The van der Waals surface area contributed by atoms with E-state index in [0.29, 0.717) is 0 Å². The molecule has 0 aliphatic carbocycles. The molecule has 1 heterocycles. The van der Waals surface area contributed by atoms with E-state index >= 15 is 0 Å². The van der Waals surface area contributed by atoms with Crippen molar-refractivity contribution in [3.63, 3.8) is 0 Å². The average molecular weight is 287 g/mol. The minimum Gasteiger partial charge on any atom is -0.481 e. The van der Waals surface area contributed by atoms with E-state index in [-0.39, 0.29) is 6.42 Å². The molecule has 2 aromatic rings. The predicted molar refractivity (Wildman–Crippen MR) is 82.2 cm³/mol. The molecule has 0 fully saturated rings. The highest BCUT2D eigenvalue weighted by Crippen LogP contribution is 2.20. The number of hydrogen-bond acceptors (Lipinski definition) is 3. The number of aryl methyl sites for hydroxylation is 1. The highest BCUT2D eigenvalue weighted by molar-refractivity contribution is 5.79. The quantitative estimate of drug-likeness (QED) is 0.765. The zero-order valence-corrected chi connectivity index (χ0v) is 12.2. The van der Waals surface area contributed by atoms with Crippen molar-refractivity contribution in [1.82, 2.24) is 4.98 Å². The summed E-state index contributed by atoms with van der Waals surface area (Å²) < 4.78 is 0. The lowest BCUT2D eigenvalue weighted by atomic mass is 10.1. The topological polar surface area (TPSA) is 70.4 Å². The Labute approximate surface area is 124 Å². The zero-order valence-electron chi connectivity index (χ0n) is 12.2. The van der Waals surface area contributed by atoms with Crippen LogP contribution in [0.15, 0.2) is 30.3 Å². The number of aliphatic hydroxyl groups is 1. The zero-order chi connectivity index (χ0) is 15.2. The van der Waals surface area contributed by atoms with Crippen molar-refractivity contribution in [2.24, 2.45) is 0 Å². The lowest BCUT2D eigenvalue weighted by molar-refractivity contribution is -0.137. The first-order valence-corrected chi connectivity index (χ1v) is 7.35. The van der Waals surface area contributed by atoms with Crippen LogP contribution in [0.4, 0.5) is 0 Å². The van der Waals surface area contributed by atoms with Gasteiger partial charge in [0.2, 0.25) is 0 Å². The Morgan fingerprint density at radius 1 is 1.19 bits per heavy atom. The van der Waals surface area contributed by atoms with Crippen molar-refractivity contribution in [3.05, 3.63) is 41.6 Å². The molecule has 1 aromatic heterocycles. The summed E-state index contributed by atoms with van der Waals surface area (Å²) in [6.07, 6.45) is 3.17. The van der Waals surface area contributed by atoms with E-state index in [1.807, 2.05) is 30.3 Å². The smallest absolute Gasteiger partial charge is 0.303 e. The summed E-state index contributed by atoms with van der Waals surface area (Å²) >= 11 is 0. The maximum atomic E-state index is 10.4. The van der Waals surface area contributed by atoms with Gasteiger partial charge in [0.25, 0.3) is 0 Å². The Balaban J connectivity index is 1.99. The van der Waals surface area contributed by atoms with Crippen LogP contribution in [0.3, 0.4) is 0 Å². The monoisotopic (exact) mass is 287 g/mol. The van der Waals surface area contributed by atoms with Gasteiger partial charge in [0.1, 0.15) is 0 Å². The fourth-order valence-electron chi connectivity index (χ4n) is 2.33. The Morgan fingerprint density at radius 2 is 1.95 bits per heavy atom. The van der Waals surface area contributed by atoms with Crippen LogP contribution in [-0.4, -0.2) is 21.2 Å². The number of pyridine rings is 1. The van der Waals surface area contributed by atoms with Crippen LogP contribution in [0.25, 0.3) is 10.9 Å². The predicted octanol–water partition coefficient (Wildman–Crippen LogP) is 3.48. The van der Waals surface area contributed by atoms with Gasteiger partial charge in [-0.2, -0.15) is 0 Å². The van der Waals surface area contributed by atoms with Gasteiger partial charge in [0.15, 0.2) is 0 Å². The van der Waals surface area contributed by atoms with Gasteiger partial charge in [0, 0.05) is 17.5 Å². The molecule has 0 aliphatic rings. The maximum absolute atomic E-state index is 10.4. The molecule has 1 unspecified atom stereocenters. The highest BCUT2D eigenvalue weighted by atomic mass is 16.4. The van der Waals surface area contributed by atoms with Crippen LogP contribution in [-0.2, 0) is 11.2 Å². The highest BCUT2D eigenvalue weighted by Gasteiger charge is 2.04. The summed E-state index contributed by atoms with van der Waals surface area (Å²) in [7, 11) is 0. The van der Waals surface area contributed by atoms with Gasteiger partial charge in [-0.3, -0.25) is 9.78 Å². The van der Waals surface area contributed by atoms with Gasteiger partial charge < -0.3 is 10.2 Å². The number of hydrogen-bond donors (Lipinski definition) is 2. The second kappa shape index (κ2) is 7.18. The number of aromatic nitrogens is 1. The number of carboxylic acids is 1. The van der Waals surface area contributed by atoms with Crippen LogP contribution in [0.1, 0.15) is 50.0 Å². The van der Waals surface area contributed by atoms with Gasteiger partial charge in [-0.05, 0) is 43.9 Å². The molecule has 4 heteroatoms. The molecule has 0 bridgehead atoms. The molecule has 0 aliphatic heterocycles. The fourth-order valence-corrected chi connectivity index (χ4v) is 2.33. The molecule has 0 amide bonds. The molecule has 112 valence electrons. The van der Waals surface area contributed by atoms with Crippen molar-refractivity contribution < 1.29 is 15.0 Å². The summed E-state index contributed by atoms with van der Waals surface area (Å²) in [5.41, 5.74) is 2.78. The Bertz CT molecular complexity index is 622. The van der Waals surface area contributed by atoms with E-state index in [2.05, 4.69) is 4.98 Å². The van der Waals surface area contributed by atoms with Crippen LogP contribution in [0, 0.1) is 0 Å². The van der Waals surface area contributed by atoms with E-state index in [9.17, 15) is 9.90 Å². The van der Waals surface area contributed by atoms with Crippen molar-refractivity contribution in [2.45, 2.75) is 45.1 Å². The lowest BCUT2D eigenvalue weighted by Crippen LogP contribution is -1.96. The summed E-state index contributed by atoms with van der Waals surface area (Å²) in [6.45, 7) is 1.74. The summed E-state index contributed by atoms with van der Waals surface area (Å²) in [5, 5.41) is 19.3. The van der Waals surface area contributed by atoms with E-state index in [1.54, 1.807) is 6.92 Å². The van der Waals surface area contributed by atoms with Crippen molar-refractivity contribution >= 4 is 16.9 Å². The van der Waals surface area contributed by atoms with Gasteiger partial charge >= 0.3 is 5.97 Å². The molecular weight excluding hydrogens is 266 g/mol. The van der Waals surface area contributed by atoms with Crippen molar-refractivity contribution in [2.75, 3.05) is 0 Å². The average Bonchev–Trinajstić information content (AvgIpc) is 2.45. The number of unbranched alkanes of at least 4 members (excludes halogenated alkanes) is 2. The van der Waals surface area contributed by atoms with E-state index in [4.69, 9.17) is 5.11 Å². The number of nitrogens with zero attached hydrogens (tertiary/aromatic N) is 1. The molecule has 0 radical (unpaired) electrons. The first kappa shape index (κ1) is 15.4. The number of carbonyl (C=O) groups is 1. The van der Waals surface area contributed by atoms with E-state index in [1.165, 1.54) is 0 Å². The van der Waals surface area contributed by atoms with Crippen molar-refractivity contribution in [3.8, 4) is 0 Å². The molecule has 0 spiro atoms. The minimum atomic E-state index is -0.732. The SMILES string of the molecule is CC(O)c1ccc2ccc(CCCCCC(=O)O)nc2c1. The van der Waals surface area contributed by atoms with Crippen LogP contribution in [0.5, 0.6) is 0 Å². The van der Waals surface area contributed by atoms with Gasteiger partial charge in [-0.15, -0.1) is 0 Å². The summed E-state index contributed by atoms with van der Waals surface area (Å²) in [6, 6.07) is 9.87. The number of aliphatic hydroxyl groups excluding tert-OH is 1. The standard InChI is InChI=1S/C17H21NO3/c1-12(19)14-8-7-13-9-10-15(18-16(13)11-14)5-3-2-4-6-17(20)21/h7-12,19H,2-6H2,1H3,(H,20,21). The molecule has 1 aromatic carbocycles. The molecule has 0 saturated heterocycles. The third-order valence-corrected chi connectivity index (χ3v) is 3.58. The summed E-state index contributed by atoms with van der Waals surface area (Å²) in [4.78, 5) is 15.1. The maximum Gasteiger partial charge on any atom is 0.303 e. The number of benzene rings is 1. The van der Waals surface area contributed by atoms with Crippen LogP contribution < -0.4 is 0 Å². The van der Waals surface area contributed by atoms with Gasteiger partial charge in [-0.25, -0.2) is 0 Å². The minimum absolute atomic E-state index is 0.239. The lowest BCUT2D eigenvalue weighted by Gasteiger charge is -2.07.